The molecule has 1 amide bonds. The van der Waals surface area contributed by atoms with E-state index in [-0.39, 0.29) is 11.2 Å². The molecule has 0 saturated carbocycles. The van der Waals surface area contributed by atoms with Gasteiger partial charge >= 0.3 is 0 Å². The zero-order valence-corrected chi connectivity index (χ0v) is 17.6. The summed E-state index contributed by atoms with van der Waals surface area (Å²) in [5, 5.41) is 14.0. The minimum atomic E-state index is -0.317. The predicted octanol–water partition coefficient (Wildman–Crippen LogP) is 4.67. The molecule has 4 rings (SSSR count). The van der Waals surface area contributed by atoms with Gasteiger partial charge in [-0.2, -0.15) is 0 Å². The van der Waals surface area contributed by atoms with Gasteiger partial charge in [-0.05, 0) is 42.0 Å². The first-order valence-electron chi connectivity index (χ1n) is 9.62. The number of aromatic nitrogens is 3. The van der Waals surface area contributed by atoms with Crippen LogP contribution < -0.4 is 10.1 Å². The van der Waals surface area contributed by atoms with E-state index in [2.05, 4.69) is 27.6 Å². The summed E-state index contributed by atoms with van der Waals surface area (Å²) in [6.07, 6.45) is 0. The van der Waals surface area contributed by atoms with Crippen molar-refractivity contribution < 1.29 is 9.53 Å². The molecule has 1 N–H and O–H groups in total. The fraction of sp³-hybridized carbons (Fsp3) is 0.174. The largest absolute Gasteiger partial charge is 0.486 e. The highest BCUT2D eigenvalue weighted by Crippen LogP contribution is 2.24. The van der Waals surface area contributed by atoms with Gasteiger partial charge in [-0.1, -0.05) is 60.3 Å². The van der Waals surface area contributed by atoms with Crippen LogP contribution in [-0.2, 0) is 18.4 Å². The molecule has 0 fully saturated rings. The second-order valence-electron chi connectivity index (χ2n) is 6.87. The lowest BCUT2D eigenvalue weighted by Gasteiger charge is -2.12. The Labute approximate surface area is 179 Å². The number of rotatable bonds is 7. The lowest BCUT2D eigenvalue weighted by molar-refractivity contribution is -0.115. The van der Waals surface area contributed by atoms with Gasteiger partial charge in [0.15, 0.2) is 11.0 Å². The Morgan fingerprint density at radius 2 is 1.77 bits per heavy atom. The minimum absolute atomic E-state index is 0.0804. The Balaban J connectivity index is 1.37. The maximum Gasteiger partial charge on any atom is 0.237 e. The first kappa shape index (κ1) is 20.0. The number of anilines is 1. The number of ether oxygens (including phenoxy) is 1. The molecule has 1 atom stereocenters. The molecule has 0 spiro atoms. The molecule has 0 aliphatic heterocycles. The Hall–Kier alpha value is -3.32. The van der Waals surface area contributed by atoms with Crippen LogP contribution in [0.3, 0.4) is 0 Å². The lowest BCUT2D eigenvalue weighted by Crippen LogP contribution is -2.22. The number of carbonyl (C=O) groups excluding carboxylic acids is 1. The second kappa shape index (κ2) is 9.00. The van der Waals surface area contributed by atoms with E-state index in [0.29, 0.717) is 17.6 Å². The highest BCUT2D eigenvalue weighted by Gasteiger charge is 2.19. The molecule has 1 unspecified atom stereocenters. The Morgan fingerprint density at radius 3 is 2.57 bits per heavy atom. The van der Waals surface area contributed by atoms with Crippen LogP contribution in [0.5, 0.6) is 5.75 Å². The number of hydrogen-bond donors (Lipinski definition) is 1. The predicted molar refractivity (Wildman–Crippen MR) is 120 cm³/mol. The summed E-state index contributed by atoms with van der Waals surface area (Å²) in [5.74, 6) is 1.39. The molecular formula is C23H22N4O2S. The topological polar surface area (TPSA) is 69.0 Å². The van der Waals surface area contributed by atoms with E-state index in [1.54, 1.807) is 0 Å². The maximum atomic E-state index is 12.4. The van der Waals surface area contributed by atoms with E-state index >= 15 is 0 Å². The van der Waals surface area contributed by atoms with Crippen molar-refractivity contribution in [2.75, 3.05) is 5.32 Å². The Morgan fingerprint density at radius 1 is 1.03 bits per heavy atom. The molecule has 152 valence electrons. The average molecular weight is 419 g/mol. The third kappa shape index (κ3) is 4.63. The number of hydrogen-bond acceptors (Lipinski definition) is 5. The fourth-order valence-electron chi connectivity index (χ4n) is 2.96. The Kier molecular flexibility index (Phi) is 5.99. The van der Waals surface area contributed by atoms with E-state index in [0.717, 1.165) is 16.8 Å². The van der Waals surface area contributed by atoms with E-state index in [1.165, 1.54) is 17.1 Å². The number of carbonyl (C=O) groups is 1. The van der Waals surface area contributed by atoms with Crippen LogP contribution in [0.15, 0.2) is 78.0 Å². The van der Waals surface area contributed by atoms with Crippen LogP contribution >= 0.6 is 11.8 Å². The summed E-state index contributed by atoms with van der Waals surface area (Å²) < 4.78 is 7.77. The average Bonchev–Trinajstić information content (AvgIpc) is 3.12. The highest BCUT2D eigenvalue weighted by atomic mass is 32.2. The van der Waals surface area contributed by atoms with Crippen molar-refractivity contribution in [3.63, 3.8) is 0 Å². The van der Waals surface area contributed by atoms with Gasteiger partial charge in [0.2, 0.25) is 5.91 Å². The molecule has 4 aromatic rings. The van der Waals surface area contributed by atoms with Crippen LogP contribution in [-0.4, -0.2) is 25.9 Å². The molecule has 3 aromatic carbocycles. The quantitative estimate of drug-likeness (QED) is 0.442. The molecule has 0 aliphatic rings. The van der Waals surface area contributed by atoms with E-state index in [4.69, 9.17) is 4.74 Å². The molecule has 7 heteroatoms. The van der Waals surface area contributed by atoms with E-state index < -0.39 is 0 Å². The van der Waals surface area contributed by atoms with Crippen molar-refractivity contribution in [1.29, 1.82) is 0 Å². The molecule has 0 radical (unpaired) electrons. The second-order valence-corrected chi connectivity index (χ2v) is 8.18. The first-order valence-corrected chi connectivity index (χ1v) is 10.5. The molecule has 30 heavy (non-hydrogen) atoms. The normalized spacial score (nSPS) is 11.9. The summed E-state index contributed by atoms with van der Waals surface area (Å²) >= 11 is 1.36. The number of para-hydroxylation sites is 1. The molecule has 1 heterocycles. The number of amides is 1. The van der Waals surface area contributed by atoms with Gasteiger partial charge in [0.1, 0.15) is 12.4 Å². The van der Waals surface area contributed by atoms with Gasteiger partial charge in [0, 0.05) is 12.7 Å². The summed E-state index contributed by atoms with van der Waals surface area (Å²) in [4.78, 5) is 12.4. The Bertz CT molecular complexity index is 1160. The van der Waals surface area contributed by atoms with Gasteiger partial charge in [-0.15, -0.1) is 10.2 Å². The summed E-state index contributed by atoms with van der Waals surface area (Å²) in [5.41, 5.74) is 0.775. The molecule has 1 aromatic heterocycles. The van der Waals surface area contributed by atoms with Crippen LogP contribution in [0.4, 0.5) is 5.69 Å². The van der Waals surface area contributed by atoms with Crippen molar-refractivity contribution in [3.8, 4) is 5.75 Å². The zero-order chi connectivity index (χ0) is 20.9. The lowest BCUT2D eigenvalue weighted by atomic mass is 10.1. The highest BCUT2D eigenvalue weighted by molar-refractivity contribution is 8.00. The molecule has 6 nitrogen and oxygen atoms in total. The van der Waals surface area contributed by atoms with Gasteiger partial charge in [-0.25, -0.2) is 0 Å². The van der Waals surface area contributed by atoms with Crippen LogP contribution in [0, 0.1) is 0 Å². The number of fused-ring (bicyclic) bond motifs is 1. The van der Waals surface area contributed by atoms with E-state index in [9.17, 15) is 4.79 Å². The summed E-state index contributed by atoms with van der Waals surface area (Å²) in [6, 6.07) is 23.6. The summed E-state index contributed by atoms with van der Waals surface area (Å²) in [7, 11) is 1.88. The van der Waals surface area contributed by atoms with Gasteiger partial charge in [-0.3, -0.25) is 4.79 Å². The number of nitrogens with zero attached hydrogens (tertiary/aromatic N) is 3. The van der Waals surface area contributed by atoms with Crippen molar-refractivity contribution >= 4 is 34.1 Å². The molecule has 0 bridgehead atoms. The van der Waals surface area contributed by atoms with Crippen LogP contribution in [0.25, 0.3) is 10.8 Å². The standard InChI is InChI=1S/C23H22N4O2S/c1-16(22(28)24-19-10-4-3-5-11-19)30-23-26-25-21(27(23)2)15-29-20-13-12-17-8-6-7-9-18(17)14-20/h3-14,16H,15H2,1-2H3,(H,24,28). The van der Waals surface area contributed by atoms with Crippen molar-refractivity contribution in [2.45, 2.75) is 23.9 Å². The minimum Gasteiger partial charge on any atom is -0.486 e. The fourth-order valence-corrected chi connectivity index (χ4v) is 3.79. The van der Waals surface area contributed by atoms with Gasteiger partial charge < -0.3 is 14.6 Å². The number of benzene rings is 3. The smallest absolute Gasteiger partial charge is 0.237 e. The molecule has 0 saturated heterocycles. The van der Waals surface area contributed by atoms with Gasteiger partial charge in [0.05, 0.1) is 5.25 Å². The maximum absolute atomic E-state index is 12.4. The van der Waals surface area contributed by atoms with Crippen molar-refractivity contribution in [1.82, 2.24) is 14.8 Å². The SMILES string of the molecule is CC(Sc1nnc(COc2ccc3ccccc3c2)n1C)C(=O)Nc1ccccc1. The number of nitrogens with one attached hydrogen (secondary N) is 1. The van der Waals surface area contributed by atoms with Crippen LogP contribution in [0.1, 0.15) is 12.7 Å². The third-order valence-electron chi connectivity index (χ3n) is 4.71. The van der Waals surface area contributed by atoms with Crippen LogP contribution in [0.2, 0.25) is 0 Å². The zero-order valence-electron chi connectivity index (χ0n) is 16.8. The number of thioether (sulfide) groups is 1. The third-order valence-corrected chi connectivity index (χ3v) is 5.84. The van der Waals surface area contributed by atoms with E-state index in [1.807, 2.05) is 79.2 Å². The van der Waals surface area contributed by atoms with Crippen molar-refractivity contribution in [2.24, 2.45) is 7.05 Å². The summed E-state index contributed by atoms with van der Waals surface area (Å²) in [6.45, 7) is 2.15. The molecular weight excluding hydrogens is 396 g/mol. The van der Waals surface area contributed by atoms with Gasteiger partial charge in [0.25, 0.3) is 0 Å². The molecule has 0 aliphatic carbocycles. The van der Waals surface area contributed by atoms with Crippen molar-refractivity contribution in [3.05, 3.63) is 78.6 Å². The first-order chi connectivity index (χ1) is 14.6. The monoisotopic (exact) mass is 418 g/mol.